The Hall–Kier alpha value is -1.83. The van der Waals surface area contributed by atoms with Gasteiger partial charge in [0.05, 0.1) is 17.9 Å². The zero-order valence-electron chi connectivity index (χ0n) is 12.0. The van der Waals surface area contributed by atoms with E-state index in [4.69, 9.17) is 5.11 Å². The number of nitrogens with zero attached hydrogens (tertiary/aromatic N) is 1. The van der Waals surface area contributed by atoms with Gasteiger partial charge < -0.3 is 14.7 Å². The SMILES string of the molecule is O=C(O)c1ccc(N2C[C@@H]3C(COCC(F)(F)F)[C@@H]3C2)c(F)c1. The van der Waals surface area contributed by atoms with E-state index in [0.717, 1.165) is 6.07 Å². The normalized spacial score (nSPS) is 26.3. The summed E-state index contributed by atoms with van der Waals surface area (Å²) in [6.45, 7) is -0.0663. The lowest BCUT2D eigenvalue weighted by atomic mass is 10.1. The zero-order chi connectivity index (χ0) is 16.8. The van der Waals surface area contributed by atoms with Crippen molar-refractivity contribution in [2.24, 2.45) is 17.8 Å². The number of rotatable bonds is 5. The highest BCUT2D eigenvalue weighted by Gasteiger charge is 2.56. The Morgan fingerprint density at radius 3 is 2.48 bits per heavy atom. The number of anilines is 1. The van der Waals surface area contributed by atoms with Crippen molar-refractivity contribution in [2.45, 2.75) is 6.18 Å². The van der Waals surface area contributed by atoms with Gasteiger partial charge in [0.2, 0.25) is 0 Å². The number of piperidine rings is 1. The summed E-state index contributed by atoms with van der Waals surface area (Å²) in [5.74, 6) is -1.28. The lowest BCUT2D eigenvalue weighted by Gasteiger charge is -2.22. The molecule has 2 fully saturated rings. The van der Waals surface area contributed by atoms with E-state index < -0.39 is 24.6 Å². The first-order valence-electron chi connectivity index (χ1n) is 7.18. The van der Waals surface area contributed by atoms with Crippen LogP contribution in [-0.2, 0) is 4.74 Å². The first kappa shape index (κ1) is 16.0. The second kappa shape index (κ2) is 5.67. The van der Waals surface area contributed by atoms with E-state index in [1.165, 1.54) is 12.1 Å². The molecule has 1 aliphatic carbocycles. The first-order chi connectivity index (χ1) is 10.8. The van der Waals surface area contributed by atoms with Gasteiger partial charge in [0.15, 0.2) is 0 Å². The number of carbonyl (C=O) groups is 1. The van der Waals surface area contributed by atoms with Crippen LogP contribution in [0.2, 0.25) is 0 Å². The zero-order valence-corrected chi connectivity index (χ0v) is 12.0. The number of benzene rings is 1. The van der Waals surface area contributed by atoms with Crippen molar-refractivity contribution < 1.29 is 32.2 Å². The van der Waals surface area contributed by atoms with E-state index in [1.807, 2.05) is 0 Å². The molecule has 1 aliphatic heterocycles. The van der Waals surface area contributed by atoms with Crippen LogP contribution in [0.4, 0.5) is 23.2 Å². The number of carboxylic acids is 1. The van der Waals surface area contributed by atoms with Gasteiger partial charge in [-0.05, 0) is 36.0 Å². The maximum atomic E-state index is 14.0. The third kappa shape index (κ3) is 3.41. The summed E-state index contributed by atoms with van der Waals surface area (Å²) in [6, 6.07) is 3.75. The monoisotopic (exact) mass is 333 g/mol. The van der Waals surface area contributed by atoms with Crippen molar-refractivity contribution in [3.63, 3.8) is 0 Å². The van der Waals surface area contributed by atoms with Crippen LogP contribution < -0.4 is 4.90 Å². The summed E-state index contributed by atoms with van der Waals surface area (Å²) in [4.78, 5) is 12.6. The van der Waals surface area contributed by atoms with Crippen LogP contribution in [0.25, 0.3) is 0 Å². The van der Waals surface area contributed by atoms with Gasteiger partial charge in [-0.25, -0.2) is 9.18 Å². The lowest BCUT2D eigenvalue weighted by Crippen LogP contribution is -2.26. The number of fused-ring (bicyclic) bond motifs is 1. The van der Waals surface area contributed by atoms with Crippen LogP contribution in [0.1, 0.15) is 10.4 Å². The molecule has 0 amide bonds. The highest BCUT2D eigenvalue weighted by atomic mass is 19.4. The number of hydrogen-bond donors (Lipinski definition) is 1. The summed E-state index contributed by atoms with van der Waals surface area (Å²) in [6.07, 6.45) is -4.31. The minimum atomic E-state index is -4.31. The van der Waals surface area contributed by atoms with Crippen LogP contribution in [0.3, 0.4) is 0 Å². The Morgan fingerprint density at radius 1 is 1.30 bits per heavy atom. The molecular weight excluding hydrogens is 318 g/mol. The standard InChI is InChI=1S/C15H15F4NO3/c16-12-3-8(14(21)22)1-2-13(12)20-4-9-10(5-20)11(9)6-23-7-15(17,18)19/h1-3,9-11H,4-7H2,(H,21,22)/t9-,10+,11?. The molecule has 1 saturated heterocycles. The smallest absolute Gasteiger partial charge is 0.411 e. The summed E-state index contributed by atoms with van der Waals surface area (Å²) < 4.78 is 54.7. The highest BCUT2D eigenvalue weighted by molar-refractivity contribution is 5.88. The molecule has 3 rings (SSSR count). The van der Waals surface area contributed by atoms with Gasteiger partial charge in [-0.15, -0.1) is 0 Å². The molecule has 0 radical (unpaired) electrons. The van der Waals surface area contributed by atoms with Crippen LogP contribution in [0.15, 0.2) is 18.2 Å². The van der Waals surface area contributed by atoms with E-state index >= 15 is 0 Å². The van der Waals surface area contributed by atoms with Gasteiger partial charge >= 0.3 is 12.1 Å². The van der Waals surface area contributed by atoms with Crippen molar-refractivity contribution in [2.75, 3.05) is 31.2 Å². The van der Waals surface area contributed by atoms with Gasteiger partial charge in [-0.3, -0.25) is 0 Å². The fourth-order valence-electron chi connectivity index (χ4n) is 3.30. The van der Waals surface area contributed by atoms with Crippen LogP contribution >= 0.6 is 0 Å². The molecule has 4 nitrogen and oxygen atoms in total. The molecule has 126 valence electrons. The molecule has 0 bridgehead atoms. The molecule has 1 aromatic rings. The Labute approximate surface area is 129 Å². The number of aromatic carboxylic acids is 1. The number of ether oxygens (including phenoxy) is 1. The predicted molar refractivity (Wildman–Crippen MR) is 72.9 cm³/mol. The predicted octanol–water partition coefficient (Wildman–Crippen LogP) is 2.79. The average Bonchev–Trinajstić information content (AvgIpc) is 2.91. The van der Waals surface area contributed by atoms with Gasteiger partial charge in [0.1, 0.15) is 12.4 Å². The molecule has 0 aromatic heterocycles. The van der Waals surface area contributed by atoms with Gasteiger partial charge in [-0.1, -0.05) is 0 Å². The highest BCUT2D eigenvalue weighted by Crippen LogP contribution is 2.52. The van der Waals surface area contributed by atoms with Crippen molar-refractivity contribution in [3.05, 3.63) is 29.6 Å². The first-order valence-corrected chi connectivity index (χ1v) is 7.18. The van der Waals surface area contributed by atoms with E-state index in [9.17, 15) is 22.4 Å². The number of hydrogen-bond acceptors (Lipinski definition) is 3. The van der Waals surface area contributed by atoms with E-state index in [0.29, 0.717) is 18.8 Å². The third-order valence-electron chi connectivity index (χ3n) is 4.48. The number of halogens is 4. The number of alkyl halides is 3. The van der Waals surface area contributed by atoms with E-state index in [2.05, 4.69) is 4.74 Å². The van der Waals surface area contributed by atoms with Crippen molar-refractivity contribution in [1.82, 2.24) is 0 Å². The van der Waals surface area contributed by atoms with Crippen molar-refractivity contribution in [3.8, 4) is 0 Å². The molecule has 1 heterocycles. The molecule has 1 aromatic carbocycles. The summed E-state index contributed by atoms with van der Waals surface area (Å²) in [5, 5.41) is 8.81. The van der Waals surface area contributed by atoms with Gasteiger partial charge in [-0.2, -0.15) is 13.2 Å². The molecule has 23 heavy (non-hydrogen) atoms. The van der Waals surface area contributed by atoms with Gasteiger partial charge in [0.25, 0.3) is 0 Å². The molecule has 2 aliphatic rings. The van der Waals surface area contributed by atoms with Crippen molar-refractivity contribution in [1.29, 1.82) is 0 Å². The Morgan fingerprint density at radius 2 is 1.96 bits per heavy atom. The van der Waals surface area contributed by atoms with Crippen LogP contribution in [-0.4, -0.2) is 43.6 Å². The molecule has 1 unspecified atom stereocenters. The molecular formula is C15H15F4NO3. The Bertz CT molecular complexity index is 607. The quantitative estimate of drug-likeness (QED) is 0.842. The second-order valence-corrected chi connectivity index (χ2v) is 6.00. The second-order valence-electron chi connectivity index (χ2n) is 6.00. The molecule has 8 heteroatoms. The number of carboxylic acid groups (broad SMARTS) is 1. The largest absolute Gasteiger partial charge is 0.478 e. The van der Waals surface area contributed by atoms with Crippen molar-refractivity contribution >= 4 is 11.7 Å². The average molecular weight is 333 g/mol. The molecule has 1 N–H and O–H groups in total. The summed E-state index contributed by atoms with van der Waals surface area (Å²) in [5.41, 5.74) is 0.214. The van der Waals surface area contributed by atoms with E-state index in [1.54, 1.807) is 4.90 Å². The maximum absolute atomic E-state index is 14.0. The Kier molecular flexibility index (Phi) is 3.95. The fraction of sp³-hybridized carbons (Fsp3) is 0.533. The summed E-state index contributed by atoms with van der Waals surface area (Å²) in [7, 11) is 0. The lowest BCUT2D eigenvalue weighted by molar-refractivity contribution is -0.175. The van der Waals surface area contributed by atoms with Crippen LogP contribution in [0.5, 0.6) is 0 Å². The Balaban J connectivity index is 1.53. The molecule has 3 atom stereocenters. The molecule has 0 spiro atoms. The molecule has 1 saturated carbocycles. The minimum absolute atomic E-state index is 0.0725. The van der Waals surface area contributed by atoms with E-state index in [-0.39, 0.29) is 29.9 Å². The topological polar surface area (TPSA) is 49.8 Å². The van der Waals surface area contributed by atoms with Gasteiger partial charge in [0, 0.05) is 13.1 Å². The maximum Gasteiger partial charge on any atom is 0.411 e. The third-order valence-corrected chi connectivity index (χ3v) is 4.48. The fourth-order valence-corrected chi connectivity index (χ4v) is 3.30. The summed E-state index contributed by atoms with van der Waals surface area (Å²) >= 11 is 0. The van der Waals surface area contributed by atoms with Crippen LogP contribution in [0, 0.1) is 23.6 Å². The minimum Gasteiger partial charge on any atom is -0.478 e.